The number of ether oxygens (including phenoxy) is 3. The molecule has 2 rings (SSSR count). The lowest BCUT2D eigenvalue weighted by Gasteiger charge is -2.38. The monoisotopic (exact) mass is 308 g/mol. The molecule has 0 spiro atoms. The molecule has 5 nitrogen and oxygen atoms in total. The van der Waals surface area contributed by atoms with Crippen LogP contribution >= 0.6 is 0 Å². The molecule has 1 aliphatic rings. The lowest BCUT2D eigenvalue weighted by Crippen LogP contribution is -2.49. The van der Waals surface area contributed by atoms with Crippen LogP contribution in [0.15, 0.2) is 24.3 Å². The molecule has 0 saturated carbocycles. The number of benzene rings is 1. The number of rotatable bonds is 8. The van der Waals surface area contributed by atoms with E-state index in [0.29, 0.717) is 31.9 Å². The topological polar surface area (TPSA) is 57.0 Å². The molecule has 5 heteroatoms. The van der Waals surface area contributed by atoms with Crippen molar-refractivity contribution in [2.24, 2.45) is 5.73 Å². The van der Waals surface area contributed by atoms with Gasteiger partial charge in [0.1, 0.15) is 6.61 Å². The van der Waals surface area contributed by atoms with E-state index < -0.39 is 0 Å². The first-order chi connectivity index (χ1) is 10.8. The minimum Gasteiger partial charge on any atom is -0.490 e. The number of nitrogens with two attached hydrogens (primary N) is 1. The van der Waals surface area contributed by atoms with Crippen molar-refractivity contribution in [2.45, 2.75) is 31.9 Å². The quantitative estimate of drug-likeness (QED) is 0.795. The minimum absolute atomic E-state index is 0.337. The summed E-state index contributed by atoms with van der Waals surface area (Å²) in [5, 5.41) is 0. The average molecular weight is 308 g/mol. The Kier molecular flexibility index (Phi) is 6.96. The maximum absolute atomic E-state index is 5.90. The van der Waals surface area contributed by atoms with E-state index in [0.717, 1.165) is 37.4 Å². The zero-order chi connectivity index (χ0) is 15.8. The molecule has 0 radical (unpaired) electrons. The van der Waals surface area contributed by atoms with Crippen LogP contribution in [0.1, 0.15) is 19.8 Å². The summed E-state index contributed by atoms with van der Waals surface area (Å²) in [6.45, 7) is 5.80. The van der Waals surface area contributed by atoms with E-state index in [9.17, 15) is 0 Å². The molecule has 1 aromatic carbocycles. The Balaban J connectivity index is 1.83. The van der Waals surface area contributed by atoms with Crippen LogP contribution in [0.2, 0.25) is 0 Å². The Morgan fingerprint density at radius 2 is 1.95 bits per heavy atom. The summed E-state index contributed by atoms with van der Waals surface area (Å²) in [4.78, 5) is 2.40. The Morgan fingerprint density at radius 3 is 2.59 bits per heavy atom. The average Bonchev–Trinajstić information content (AvgIpc) is 2.57. The second kappa shape index (κ2) is 8.98. The van der Waals surface area contributed by atoms with Crippen molar-refractivity contribution >= 4 is 0 Å². The van der Waals surface area contributed by atoms with Crippen LogP contribution in [-0.2, 0) is 4.74 Å². The summed E-state index contributed by atoms with van der Waals surface area (Å²) in [5.74, 6) is 1.61. The van der Waals surface area contributed by atoms with Crippen molar-refractivity contribution in [3.63, 3.8) is 0 Å². The molecule has 0 aliphatic carbocycles. The molecule has 124 valence electrons. The van der Waals surface area contributed by atoms with Crippen LogP contribution < -0.4 is 15.2 Å². The van der Waals surface area contributed by atoms with E-state index in [1.807, 2.05) is 31.2 Å². The highest BCUT2D eigenvalue weighted by molar-refractivity contribution is 5.39. The number of likely N-dealkylation sites (tertiary alicyclic amines) is 1. The van der Waals surface area contributed by atoms with E-state index in [2.05, 4.69) is 4.90 Å². The molecule has 1 fully saturated rings. The summed E-state index contributed by atoms with van der Waals surface area (Å²) in [7, 11) is 1.78. The van der Waals surface area contributed by atoms with Crippen molar-refractivity contribution in [3.8, 4) is 11.5 Å². The van der Waals surface area contributed by atoms with Crippen molar-refractivity contribution in [2.75, 3.05) is 40.0 Å². The highest BCUT2D eigenvalue weighted by atomic mass is 16.5. The maximum atomic E-state index is 5.90. The van der Waals surface area contributed by atoms with Crippen LogP contribution in [0.3, 0.4) is 0 Å². The van der Waals surface area contributed by atoms with Crippen LogP contribution in [0.4, 0.5) is 0 Å². The van der Waals surface area contributed by atoms with Gasteiger partial charge < -0.3 is 19.9 Å². The molecule has 2 N–H and O–H groups in total. The van der Waals surface area contributed by atoms with Gasteiger partial charge in [-0.2, -0.15) is 0 Å². The van der Waals surface area contributed by atoms with E-state index >= 15 is 0 Å². The van der Waals surface area contributed by atoms with Gasteiger partial charge in [0.15, 0.2) is 11.5 Å². The summed E-state index contributed by atoms with van der Waals surface area (Å²) >= 11 is 0. The molecule has 0 amide bonds. The van der Waals surface area contributed by atoms with Crippen LogP contribution in [0.25, 0.3) is 0 Å². The Labute approximate surface area is 133 Å². The smallest absolute Gasteiger partial charge is 0.161 e. The molecule has 0 aromatic heterocycles. The minimum atomic E-state index is 0.337. The lowest BCUT2D eigenvalue weighted by atomic mass is 9.99. The normalized spacial score (nSPS) is 22.5. The fourth-order valence-corrected chi connectivity index (χ4v) is 2.93. The molecule has 22 heavy (non-hydrogen) atoms. The standard InChI is InChI=1S/C17H28N2O3/c1-3-21-16-6-4-5-7-17(16)22-11-10-19-9-8-15(20-2)12-14(19)13-18/h4-7,14-15H,3,8-13,18H2,1-2H3. The number of methoxy groups -OCH3 is 1. The third-order valence-electron chi connectivity index (χ3n) is 4.18. The van der Waals surface area contributed by atoms with Crippen LogP contribution in [0, 0.1) is 0 Å². The third kappa shape index (κ3) is 4.60. The molecular formula is C17H28N2O3. The molecular weight excluding hydrogens is 280 g/mol. The Hall–Kier alpha value is -1.30. The highest BCUT2D eigenvalue weighted by Gasteiger charge is 2.27. The molecule has 0 bridgehead atoms. The van der Waals surface area contributed by atoms with Crippen molar-refractivity contribution in [1.29, 1.82) is 0 Å². The largest absolute Gasteiger partial charge is 0.490 e. The molecule has 1 saturated heterocycles. The van der Waals surface area contributed by atoms with Gasteiger partial charge in [-0.05, 0) is 31.9 Å². The maximum Gasteiger partial charge on any atom is 0.161 e. The Bertz CT molecular complexity index is 442. The predicted octanol–water partition coefficient (Wildman–Crippen LogP) is 1.90. The molecule has 2 atom stereocenters. The van der Waals surface area contributed by atoms with Gasteiger partial charge in [0.25, 0.3) is 0 Å². The SMILES string of the molecule is CCOc1ccccc1OCCN1CCC(OC)CC1CN. The zero-order valence-corrected chi connectivity index (χ0v) is 13.7. The first-order valence-corrected chi connectivity index (χ1v) is 8.10. The van der Waals surface area contributed by atoms with Crippen molar-refractivity contribution in [3.05, 3.63) is 24.3 Å². The fourth-order valence-electron chi connectivity index (χ4n) is 2.93. The van der Waals surface area contributed by atoms with Gasteiger partial charge >= 0.3 is 0 Å². The van der Waals surface area contributed by atoms with Crippen molar-refractivity contribution < 1.29 is 14.2 Å². The first-order valence-electron chi connectivity index (χ1n) is 8.10. The van der Waals surface area contributed by atoms with E-state index in [-0.39, 0.29) is 0 Å². The zero-order valence-electron chi connectivity index (χ0n) is 13.7. The van der Waals surface area contributed by atoms with Gasteiger partial charge in [-0.25, -0.2) is 0 Å². The van der Waals surface area contributed by atoms with Gasteiger partial charge in [0.05, 0.1) is 12.7 Å². The van der Waals surface area contributed by atoms with Crippen molar-refractivity contribution in [1.82, 2.24) is 4.90 Å². The van der Waals surface area contributed by atoms with E-state index in [4.69, 9.17) is 19.9 Å². The summed E-state index contributed by atoms with van der Waals surface area (Å²) in [6.07, 6.45) is 2.40. The third-order valence-corrected chi connectivity index (χ3v) is 4.18. The summed E-state index contributed by atoms with van der Waals surface area (Å²) in [5.41, 5.74) is 5.90. The highest BCUT2D eigenvalue weighted by Crippen LogP contribution is 2.26. The van der Waals surface area contributed by atoms with E-state index in [1.165, 1.54) is 0 Å². The van der Waals surface area contributed by atoms with Gasteiger partial charge in [-0.1, -0.05) is 12.1 Å². The number of piperidine rings is 1. The predicted molar refractivity (Wildman–Crippen MR) is 87.6 cm³/mol. The molecule has 1 aliphatic heterocycles. The lowest BCUT2D eigenvalue weighted by molar-refractivity contribution is 0.00912. The fraction of sp³-hybridized carbons (Fsp3) is 0.647. The van der Waals surface area contributed by atoms with Gasteiger partial charge in [-0.15, -0.1) is 0 Å². The second-order valence-electron chi connectivity index (χ2n) is 5.54. The second-order valence-corrected chi connectivity index (χ2v) is 5.54. The summed E-state index contributed by atoms with van der Waals surface area (Å²) < 4.78 is 16.9. The molecule has 2 unspecified atom stereocenters. The number of hydrogen-bond donors (Lipinski definition) is 1. The van der Waals surface area contributed by atoms with E-state index in [1.54, 1.807) is 7.11 Å². The molecule has 1 heterocycles. The van der Waals surface area contributed by atoms with Gasteiger partial charge in [0.2, 0.25) is 0 Å². The van der Waals surface area contributed by atoms with Gasteiger partial charge in [0, 0.05) is 32.8 Å². The molecule has 1 aromatic rings. The van der Waals surface area contributed by atoms with Gasteiger partial charge in [-0.3, -0.25) is 4.90 Å². The Morgan fingerprint density at radius 1 is 1.23 bits per heavy atom. The number of para-hydroxylation sites is 2. The summed E-state index contributed by atoms with van der Waals surface area (Å²) in [6, 6.07) is 8.18. The van der Waals surface area contributed by atoms with Crippen LogP contribution in [0.5, 0.6) is 11.5 Å². The first kappa shape index (κ1) is 17.1. The number of hydrogen-bond acceptors (Lipinski definition) is 5. The number of nitrogens with zero attached hydrogens (tertiary/aromatic N) is 1. The van der Waals surface area contributed by atoms with Crippen LogP contribution in [-0.4, -0.2) is 57.0 Å².